The van der Waals surface area contributed by atoms with Crippen molar-refractivity contribution in [2.45, 2.75) is 6.92 Å². The predicted molar refractivity (Wildman–Crippen MR) is 96.8 cm³/mol. The molecule has 2 aromatic carbocycles. The second-order valence-electron chi connectivity index (χ2n) is 4.83. The third-order valence-corrected chi connectivity index (χ3v) is 4.17. The Morgan fingerprint density at radius 2 is 1.77 bits per heavy atom. The van der Waals surface area contributed by atoms with E-state index in [-0.39, 0.29) is 17.2 Å². The molecule has 0 atom stereocenters. The molecule has 1 amide bonds. The number of hydrogen-bond acceptors (Lipinski definition) is 3. The lowest BCUT2D eigenvalue weighted by atomic mass is 10.1. The van der Waals surface area contributed by atoms with Gasteiger partial charge in [-0.05, 0) is 65.4 Å². The Bertz CT molecular complexity index is 819. The second-order valence-corrected chi connectivity index (χ2v) is 7.83. The van der Waals surface area contributed by atoms with Crippen LogP contribution in [-0.2, 0) is 10.0 Å². The molecule has 0 bridgehead atoms. The summed E-state index contributed by atoms with van der Waals surface area (Å²) in [4.78, 5) is 12.4. The first-order chi connectivity index (χ1) is 10.3. The molecule has 2 aromatic rings. The molecule has 0 aliphatic heterocycles. The first-order valence-corrected chi connectivity index (χ1v) is 9.37. The van der Waals surface area contributed by atoms with Crippen LogP contribution in [0.4, 0.5) is 11.4 Å². The number of hydrogen-bond donors (Lipinski definition) is 2. The summed E-state index contributed by atoms with van der Waals surface area (Å²) in [5, 5.41) is 2.80. The van der Waals surface area contributed by atoms with Crippen molar-refractivity contribution in [3.63, 3.8) is 0 Å². The molecule has 0 fully saturated rings. The topological polar surface area (TPSA) is 75.3 Å². The smallest absolute Gasteiger partial charge is 0.257 e. The summed E-state index contributed by atoms with van der Waals surface area (Å²) in [7, 11) is -3.45. The highest BCUT2D eigenvalue weighted by Gasteiger charge is 2.14. The van der Waals surface area contributed by atoms with Gasteiger partial charge < -0.3 is 5.32 Å². The van der Waals surface area contributed by atoms with E-state index in [2.05, 4.69) is 32.6 Å². The minimum Gasteiger partial charge on any atom is -0.322 e. The van der Waals surface area contributed by atoms with E-state index in [1.54, 1.807) is 24.3 Å². The van der Waals surface area contributed by atoms with Gasteiger partial charge >= 0.3 is 0 Å². The molecule has 7 heteroatoms. The summed E-state index contributed by atoms with van der Waals surface area (Å²) in [6, 6.07) is 12.1. The van der Waals surface area contributed by atoms with Gasteiger partial charge in [-0.3, -0.25) is 9.52 Å². The molecule has 0 unspecified atom stereocenters. The van der Waals surface area contributed by atoms with E-state index in [4.69, 9.17) is 0 Å². The van der Waals surface area contributed by atoms with Gasteiger partial charge in [0.25, 0.3) is 5.91 Å². The highest BCUT2D eigenvalue weighted by atomic mass is 127. The van der Waals surface area contributed by atoms with Crippen LogP contribution in [0, 0.1) is 10.5 Å². The first kappa shape index (κ1) is 16.8. The molecule has 116 valence electrons. The Kier molecular flexibility index (Phi) is 5.07. The number of carbonyl (C=O) groups excluding carboxylic acids is 1. The summed E-state index contributed by atoms with van der Waals surface area (Å²) in [5.74, 6) is -0.365. The number of para-hydroxylation sites is 1. The Balaban J connectivity index is 2.30. The van der Waals surface area contributed by atoms with Gasteiger partial charge in [-0.25, -0.2) is 8.42 Å². The quantitative estimate of drug-likeness (QED) is 0.732. The molecule has 0 aliphatic rings. The van der Waals surface area contributed by atoms with Crippen LogP contribution >= 0.6 is 22.6 Å². The Hall–Kier alpha value is -1.61. The zero-order chi connectivity index (χ0) is 16.3. The molecule has 0 spiro atoms. The van der Waals surface area contributed by atoms with Gasteiger partial charge in [-0.1, -0.05) is 12.1 Å². The molecule has 2 rings (SSSR count). The minimum atomic E-state index is -3.45. The fourth-order valence-corrected chi connectivity index (χ4v) is 3.15. The lowest BCUT2D eigenvalue weighted by molar-refractivity contribution is 0.102. The zero-order valence-corrected chi connectivity index (χ0v) is 15.0. The number of sulfonamides is 1. The van der Waals surface area contributed by atoms with Crippen molar-refractivity contribution in [1.82, 2.24) is 0 Å². The van der Waals surface area contributed by atoms with Gasteiger partial charge in [0.15, 0.2) is 0 Å². The third kappa shape index (κ3) is 4.44. The van der Waals surface area contributed by atoms with Gasteiger partial charge in [0.1, 0.15) is 0 Å². The third-order valence-electron chi connectivity index (χ3n) is 2.90. The first-order valence-electron chi connectivity index (χ1n) is 6.40. The van der Waals surface area contributed by atoms with E-state index < -0.39 is 10.0 Å². The summed E-state index contributed by atoms with van der Waals surface area (Å²) >= 11 is 2.20. The molecule has 0 radical (unpaired) electrons. The molecular weight excluding hydrogens is 415 g/mol. The predicted octanol–water partition coefficient (Wildman–Crippen LogP) is 3.22. The van der Waals surface area contributed by atoms with E-state index in [1.165, 1.54) is 0 Å². The molecule has 0 aliphatic carbocycles. The Morgan fingerprint density at radius 3 is 2.41 bits per heavy atom. The van der Waals surface area contributed by atoms with Crippen LogP contribution in [0.1, 0.15) is 15.9 Å². The van der Waals surface area contributed by atoms with Crippen LogP contribution < -0.4 is 10.0 Å². The van der Waals surface area contributed by atoms with Crippen molar-refractivity contribution in [3.05, 3.63) is 57.2 Å². The van der Waals surface area contributed by atoms with Crippen LogP contribution in [0.5, 0.6) is 0 Å². The Morgan fingerprint density at radius 1 is 1.09 bits per heavy atom. The van der Waals surface area contributed by atoms with Crippen LogP contribution in [0.15, 0.2) is 42.5 Å². The van der Waals surface area contributed by atoms with Crippen LogP contribution in [0.2, 0.25) is 0 Å². The van der Waals surface area contributed by atoms with Crippen LogP contribution in [-0.4, -0.2) is 20.6 Å². The van der Waals surface area contributed by atoms with Gasteiger partial charge in [0.05, 0.1) is 17.5 Å². The van der Waals surface area contributed by atoms with Gasteiger partial charge in [0, 0.05) is 9.26 Å². The largest absolute Gasteiger partial charge is 0.322 e. The number of halogens is 1. The van der Waals surface area contributed by atoms with E-state index in [0.29, 0.717) is 5.69 Å². The van der Waals surface area contributed by atoms with E-state index >= 15 is 0 Å². The highest BCUT2D eigenvalue weighted by Crippen LogP contribution is 2.21. The number of aryl methyl sites for hydroxylation is 1. The number of benzene rings is 2. The maximum Gasteiger partial charge on any atom is 0.257 e. The fraction of sp³-hybridized carbons (Fsp3) is 0.133. The minimum absolute atomic E-state index is 0.255. The van der Waals surface area contributed by atoms with Crippen molar-refractivity contribution < 1.29 is 13.2 Å². The van der Waals surface area contributed by atoms with Crippen LogP contribution in [0.25, 0.3) is 0 Å². The number of amides is 1. The highest BCUT2D eigenvalue weighted by molar-refractivity contribution is 14.1. The van der Waals surface area contributed by atoms with Crippen molar-refractivity contribution >= 4 is 49.9 Å². The molecule has 22 heavy (non-hydrogen) atoms. The van der Waals surface area contributed by atoms with Crippen molar-refractivity contribution in [1.29, 1.82) is 0 Å². The number of carbonyl (C=O) groups is 1. The number of nitrogens with one attached hydrogen (secondary N) is 2. The lowest BCUT2D eigenvalue weighted by Gasteiger charge is -2.12. The summed E-state index contributed by atoms with van der Waals surface area (Å²) in [6.45, 7) is 1.90. The molecule has 0 aromatic heterocycles. The second kappa shape index (κ2) is 6.66. The summed E-state index contributed by atoms with van der Waals surface area (Å²) < 4.78 is 26.2. The lowest BCUT2D eigenvalue weighted by Crippen LogP contribution is -2.17. The fourth-order valence-electron chi connectivity index (χ4n) is 1.93. The van der Waals surface area contributed by atoms with Crippen molar-refractivity contribution in [2.24, 2.45) is 0 Å². The van der Waals surface area contributed by atoms with Crippen molar-refractivity contribution in [2.75, 3.05) is 16.3 Å². The normalized spacial score (nSPS) is 11.0. The number of anilines is 2. The van der Waals surface area contributed by atoms with Crippen LogP contribution in [0.3, 0.4) is 0 Å². The number of rotatable bonds is 4. The molecule has 2 N–H and O–H groups in total. The van der Waals surface area contributed by atoms with Gasteiger partial charge in [-0.2, -0.15) is 0 Å². The zero-order valence-electron chi connectivity index (χ0n) is 12.1. The average Bonchev–Trinajstić information content (AvgIpc) is 2.40. The SMILES string of the molecule is Cc1cc(I)ccc1NC(=O)c1ccccc1NS(C)(=O)=O. The molecule has 0 heterocycles. The molecule has 5 nitrogen and oxygen atoms in total. The molecular formula is C15H15IN2O3S. The van der Waals surface area contributed by atoms with E-state index in [1.807, 2.05) is 25.1 Å². The van der Waals surface area contributed by atoms with Gasteiger partial charge in [-0.15, -0.1) is 0 Å². The van der Waals surface area contributed by atoms with Crippen molar-refractivity contribution in [3.8, 4) is 0 Å². The summed E-state index contributed by atoms with van der Waals surface area (Å²) in [5.41, 5.74) is 2.16. The molecule has 0 saturated carbocycles. The van der Waals surface area contributed by atoms with E-state index in [9.17, 15) is 13.2 Å². The van der Waals surface area contributed by atoms with E-state index in [0.717, 1.165) is 15.4 Å². The van der Waals surface area contributed by atoms with Gasteiger partial charge in [0.2, 0.25) is 10.0 Å². The standard InChI is InChI=1S/C15H15IN2O3S/c1-10-9-11(16)7-8-13(10)17-15(19)12-5-3-4-6-14(12)18-22(2,20)21/h3-9,18H,1-2H3,(H,17,19). The maximum absolute atomic E-state index is 12.4. The maximum atomic E-state index is 12.4. The summed E-state index contributed by atoms with van der Waals surface area (Å²) in [6.07, 6.45) is 1.05. The Labute approximate surface area is 143 Å². The molecule has 0 saturated heterocycles. The monoisotopic (exact) mass is 430 g/mol. The average molecular weight is 430 g/mol.